The fraction of sp³-hybridized carbons (Fsp3) is 0.462. The molecule has 21 heavy (non-hydrogen) atoms. The monoisotopic (exact) mass is 314 g/mol. The number of nitrogen functional groups attached to an aromatic ring is 1. The van der Waals surface area contributed by atoms with Crippen LogP contribution in [0.15, 0.2) is 23.1 Å². The van der Waals surface area contributed by atoms with Crippen molar-refractivity contribution >= 4 is 21.7 Å². The minimum absolute atomic E-state index is 0.0131. The Morgan fingerprint density at radius 1 is 1.48 bits per heavy atom. The summed E-state index contributed by atoms with van der Waals surface area (Å²) in [7, 11) is -4.02. The smallest absolute Gasteiger partial charge is 0.337 e. The number of aliphatic hydroxyl groups excluding tert-OH is 1. The third kappa shape index (κ3) is 2.74. The van der Waals surface area contributed by atoms with Crippen molar-refractivity contribution in [3.63, 3.8) is 0 Å². The van der Waals surface area contributed by atoms with Crippen LogP contribution in [0.4, 0.5) is 5.69 Å². The Bertz CT molecular complexity index is 659. The number of rotatable bonds is 4. The van der Waals surface area contributed by atoms with E-state index >= 15 is 0 Å². The zero-order chi connectivity index (χ0) is 15.8. The first-order valence-corrected chi connectivity index (χ1v) is 7.98. The molecular weight excluding hydrogens is 296 g/mol. The number of sulfonamides is 1. The molecule has 0 saturated carbocycles. The Morgan fingerprint density at radius 3 is 2.71 bits per heavy atom. The minimum Gasteiger partial charge on any atom is -0.478 e. The fourth-order valence-electron chi connectivity index (χ4n) is 2.60. The number of aromatic carboxylic acids is 1. The van der Waals surface area contributed by atoms with Crippen molar-refractivity contribution in [3.8, 4) is 0 Å². The maximum absolute atomic E-state index is 12.7. The van der Waals surface area contributed by atoms with Gasteiger partial charge in [-0.05, 0) is 30.5 Å². The second-order valence-corrected chi connectivity index (χ2v) is 7.05. The van der Waals surface area contributed by atoms with Crippen LogP contribution < -0.4 is 5.73 Å². The number of aliphatic hydroxyl groups is 1. The van der Waals surface area contributed by atoms with Crippen molar-refractivity contribution in [3.05, 3.63) is 23.8 Å². The molecule has 1 aromatic rings. The number of carbonyl (C=O) groups is 1. The van der Waals surface area contributed by atoms with Crippen LogP contribution in [0.3, 0.4) is 0 Å². The second-order valence-electron chi connectivity index (χ2n) is 5.19. The van der Waals surface area contributed by atoms with E-state index in [1.165, 1.54) is 16.4 Å². The van der Waals surface area contributed by atoms with E-state index in [2.05, 4.69) is 0 Å². The number of carboxylic acids is 1. The van der Waals surface area contributed by atoms with Gasteiger partial charge in [0.15, 0.2) is 0 Å². The van der Waals surface area contributed by atoms with Gasteiger partial charge in [0.1, 0.15) is 0 Å². The van der Waals surface area contributed by atoms with E-state index in [-0.39, 0.29) is 35.2 Å². The lowest BCUT2D eigenvalue weighted by Gasteiger charge is -2.25. The topological polar surface area (TPSA) is 121 Å². The highest BCUT2D eigenvalue weighted by molar-refractivity contribution is 7.89. The van der Waals surface area contributed by atoms with E-state index in [9.17, 15) is 18.3 Å². The standard InChI is InChI=1S/C13H18N2O5S/c1-8-4-5-15(11(8)7-16)21(19,20)12-6-9(14)2-3-10(12)13(17)18/h2-3,6,8,11,16H,4-5,7,14H2,1H3,(H,17,18). The van der Waals surface area contributed by atoms with E-state index in [0.717, 1.165) is 6.07 Å². The number of anilines is 1. The molecule has 2 atom stereocenters. The van der Waals surface area contributed by atoms with Crippen LogP contribution in [-0.4, -0.2) is 48.1 Å². The maximum atomic E-state index is 12.7. The van der Waals surface area contributed by atoms with Gasteiger partial charge in [0, 0.05) is 12.2 Å². The molecular formula is C13H18N2O5S. The third-order valence-corrected chi connectivity index (χ3v) is 5.81. The Labute approximate surface area is 123 Å². The van der Waals surface area contributed by atoms with Gasteiger partial charge >= 0.3 is 5.97 Å². The number of nitrogens with two attached hydrogens (primary N) is 1. The van der Waals surface area contributed by atoms with Crippen molar-refractivity contribution in [1.29, 1.82) is 0 Å². The van der Waals surface area contributed by atoms with Crippen LogP contribution in [-0.2, 0) is 10.0 Å². The molecule has 1 saturated heterocycles. The van der Waals surface area contributed by atoms with Crippen LogP contribution >= 0.6 is 0 Å². The summed E-state index contributed by atoms with van der Waals surface area (Å²) in [6.07, 6.45) is 0.620. The summed E-state index contributed by atoms with van der Waals surface area (Å²) in [5, 5.41) is 18.6. The van der Waals surface area contributed by atoms with E-state index < -0.39 is 22.0 Å². The lowest BCUT2D eigenvalue weighted by molar-refractivity contribution is 0.0692. The van der Waals surface area contributed by atoms with Gasteiger partial charge in [-0.25, -0.2) is 13.2 Å². The Morgan fingerprint density at radius 2 is 2.14 bits per heavy atom. The number of benzene rings is 1. The lowest BCUT2D eigenvalue weighted by atomic mass is 10.0. The minimum atomic E-state index is -4.02. The molecule has 0 bridgehead atoms. The summed E-state index contributed by atoms with van der Waals surface area (Å²) in [6, 6.07) is 3.13. The summed E-state index contributed by atoms with van der Waals surface area (Å²) in [6.45, 7) is 1.81. The average Bonchev–Trinajstić information content (AvgIpc) is 2.80. The van der Waals surface area contributed by atoms with Crippen molar-refractivity contribution in [2.24, 2.45) is 5.92 Å². The molecule has 0 aliphatic carbocycles. The lowest BCUT2D eigenvalue weighted by Crippen LogP contribution is -2.40. The number of hydrogen-bond donors (Lipinski definition) is 3. The molecule has 4 N–H and O–H groups in total. The van der Waals surface area contributed by atoms with Crippen molar-refractivity contribution in [2.45, 2.75) is 24.3 Å². The predicted octanol–water partition coefficient (Wildman–Crippen LogP) is 0.358. The molecule has 0 radical (unpaired) electrons. The maximum Gasteiger partial charge on any atom is 0.337 e. The molecule has 2 rings (SSSR count). The van der Waals surface area contributed by atoms with Crippen molar-refractivity contribution in [2.75, 3.05) is 18.9 Å². The third-order valence-electron chi connectivity index (χ3n) is 3.84. The zero-order valence-corrected chi connectivity index (χ0v) is 12.4. The Kier molecular flexibility index (Phi) is 4.22. The molecule has 2 unspecified atom stereocenters. The van der Waals surface area contributed by atoms with Crippen molar-refractivity contribution < 1.29 is 23.4 Å². The van der Waals surface area contributed by atoms with Gasteiger partial charge in [-0.1, -0.05) is 6.92 Å². The number of hydrogen-bond acceptors (Lipinski definition) is 5. The molecule has 0 aromatic heterocycles. The highest BCUT2D eigenvalue weighted by Crippen LogP contribution is 2.32. The summed E-state index contributed by atoms with van der Waals surface area (Å²) < 4.78 is 26.6. The van der Waals surface area contributed by atoms with Gasteiger partial charge in [-0.2, -0.15) is 4.31 Å². The van der Waals surface area contributed by atoms with Gasteiger partial charge in [-0.3, -0.25) is 0 Å². The van der Waals surface area contributed by atoms with Gasteiger partial charge in [0.2, 0.25) is 10.0 Å². The Balaban J connectivity index is 2.54. The van der Waals surface area contributed by atoms with Gasteiger partial charge in [0.25, 0.3) is 0 Å². The molecule has 1 heterocycles. The average molecular weight is 314 g/mol. The number of carboxylic acid groups (broad SMARTS) is 1. The fourth-order valence-corrected chi connectivity index (χ4v) is 4.55. The first-order valence-electron chi connectivity index (χ1n) is 6.54. The van der Waals surface area contributed by atoms with Gasteiger partial charge in [0.05, 0.1) is 23.1 Å². The van der Waals surface area contributed by atoms with E-state index in [4.69, 9.17) is 10.8 Å². The van der Waals surface area contributed by atoms with Crippen LogP contribution in [0.25, 0.3) is 0 Å². The molecule has 116 valence electrons. The summed E-state index contributed by atoms with van der Waals surface area (Å²) in [5.74, 6) is -1.32. The van der Waals surface area contributed by atoms with Crippen molar-refractivity contribution in [1.82, 2.24) is 4.31 Å². The first-order chi connectivity index (χ1) is 9.78. The quantitative estimate of drug-likeness (QED) is 0.690. The summed E-state index contributed by atoms with van der Waals surface area (Å²) >= 11 is 0. The SMILES string of the molecule is CC1CCN(S(=O)(=O)c2cc(N)ccc2C(=O)O)C1CO. The van der Waals surface area contributed by atoms with Crippen LogP contribution in [0.2, 0.25) is 0 Å². The normalized spacial score (nSPS) is 23.3. The van der Waals surface area contributed by atoms with E-state index in [0.29, 0.717) is 6.42 Å². The molecule has 0 spiro atoms. The molecule has 1 aliphatic heterocycles. The largest absolute Gasteiger partial charge is 0.478 e. The second kappa shape index (κ2) is 5.63. The highest BCUT2D eigenvalue weighted by Gasteiger charge is 2.40. The molecule has 0 amide bonds. The highest BCUT2D eigenvalue weighted by atomic mass is 32.2. The van der Waals surface area contributed by atoms with Crippen LogP contribution in [0, 0.1) is 5.92 Å². The summed E-state index contributed by atoms with van der Waals surface area (Å²) in [5.41, 5.74) is 5.45. The molecule has 8 heteroatoms. The molecule has 7 nitrogen and oxygen atoms in total. The van der Waals surface area contributed by atoms with Crippen LogP contribution in [0.1, 0.15) is 23.7 Å². The van der Waals surface area contributed by atoms with Crippen LogP contribution in [0.5, 0.6) is 0 Å². The summed E-state index contributed by atoms with van der Waals surface area (Å²) in [4.78, 5) is 10.9. The number of nitrogens with zero attached hydrogens (tertiary/aromatic N) is 1. The predicted molar refractivity (Wildman–Crippen MR) is 76.4 cm³/mol. The molecule has 1 aromatic carbocycles. The van der Waals surface area contributed by atoms with Gasteiger partial charge < -0.3 is 15.9 Å². The Hall–Kier alpha value is -1.64. The van der Waals surface area contributed by atoms with Gasteiger partial charge in [-0.15, -0.1) is 0 Å². The molecule has 1 fully saturated rings. The zero-order valence-electron chi connectivity index (χ0n) is 11.6. The first kappa shape index (κ1) is 15.7. The molecule has 1 aliphatic rings. The van der Waals surface area contributed by atoms with E-state index in [1.807, 2.05) is 6.92 Å². The van der Waals surface area contributed by atoms with E-state index in [1.54, 1.807) is 0 Å².